The van der Waals surface area contributed by atoms with E-state index in [1.165, 1.54) is 0 Å². The quantitative estimate of drug-likeness (QED) is 0.852. The van der Waals surface area contributed by atoms with Crippen LogP contribution in [-0.4, -0.2) is 26.6 Å². The van der Waals surface area contributed by atoms with Crippen LogP contribution < -0.4 is 10.3 Å². The molecule has 1 heterocycles. The van der Waals surface area contributed by atoms with Gasteiger partial charge < -0.3 is 14.9 Å². The van der Waals surface area contributed by atoms with Crippen molar-refractivity contribution in [1.82, 2.24) is 9.78 Å². The lowest BCUT2D eigenvalue weighted by molar-refractivity contribution is 0.266. The first-order valence-electron chi connectivity index (χ1n) is 5.82. The largest absolute Gasteiger partial charge is 0.506 e. The molecule has 0 bridgehead atoms. The normalized spacial score (nSPS) is 10.4. The van der Waals surface area contributed by atoms with E-state index in [4.69, 9.17) is 9.84 Å². The van der Waals surface area contributed by atoms with E-state index in [0.29, 0.717) is 18.0 Å². The zero-order chi connectivity index (χ0) is 13.8. The molecule has 0 unspecified atom stereocenters. The number of aliphatic hydroxyl groups excluding tert-OH is 1. The van der Waals surface area contributed by atoms with E-state index < -0.39 is 12.2 Å². The van der Waals surface area contributed by atoms with E-state index in [1.807, 2.05) is 6.92 Å². The van der Waals surface area contributed by atoms with Gasteiger partial charge in [0.2, 0.25) is 0 Å². The molecule has 6 nitrogen and oxygen atoms in total. The van der Waals surface area contributed by atoms with Gasteiger partial charge in [0.05, 0.1) is 13.2 Å². The van der Waals surface area contributed by atoms with E-state index >= 15 is 0 Å². The van der Waals surface area contributed by atoms with Crippen molar-refractivity contribution in [1.29, 1.82) is 0 Å². The maximum absolute atomic E-state index is 11.9. The molecule has 19 heavy (non-hydrogen) atoms. The second kappa shape index (κ2) is 5.53. The molecule has 2 aromatic rings. The molecular formula is C13H14N2O4. The van der Waals surface area contributed by atoms with Crippen molar-refractivity contribution in [3.05, 3.63) is 46.4 Å². The Balaban J connectivity index is 2.62. The van der Waals surface area contributed by atoms with Gasteiger partial charge in [-0.25, -0.2) is 0 Å². The van der Waals surface area contributed by atoms with Gasteiger partial charge in [0.15, 0.2) is 0 Å². The number of aromatic nitrogens is 2. The Morgan fingerprint density at radius 3 is 2.79 bits per heavy atom. The van der Waals surface area contributed by atoms with Crippen molar-refractivity contribution in [2.75, 3.05) is 6.61 Å². The molecule has 2 N–H and O–H groups in total. The van der Waals surface area contributed by atoms with Gasteiger partial charge >= 0.3 is 0 Å². The second-order valence-corrected chi connectivity index (χ2v) is 3.79. The topological polar surface area (TPSA) is 84.6 Å². The van der Waals surface area contributed by atoms with E-state index in [1.54, 1.807) is 24.3 Å². The van der Waals surface area contributed by atoms with Crippen molar-refractivity contribution < 1.29 is 14.9 Å². The van der Waals surface area contributed by atoms with Crippen molar-refractivity contribution in [2.24, 2.45) is 0 Å². The van der Waals surface area contributed by atoms with Crippen molar-refractivity contribution >= 4 is 0 Å². The summed E-state index contributed by atoms with van der Waals surface area (Å²) in [7, 11) is 0. The third-order valence-electron chi connectivity index (χ3n) is 2.53. The Labute approximate surface area is 109 Å². The number of para-hydroxylation sites is 2. The Hall–Kier alpha value is -2.34. The van der Waals surface area contributed by atoms with Crippen molar-refractivity contribution in [3.8, 4) is 17.2 Å². The Bertz CT molecular complexity index is 637. The Kier molecular flexibility index (Phi) is 3.82. The first-order valence-corrected chi connectivity index (χ1v) is 5.82. The molecule has 0 saturated heterocycles. The van der Waals surface area contributed by atoms with Gasteiger partial charge in [0, 0.05) is 6.07 Å². The highest BCUT2D eigenvalue weighted by Gasteiger charge is 2.12. The van der Waals surface area contributed by atoms with Crippen LogP contribution in [0.25, 0.3) is 5.69 Å². The van der Waals surface area contributed by atoms with Gasteiger partial charge in [-0.15, -0.1) is 0 Å². The number of rotatable bonds is 4. The minimum atomic E-state index is -0.498. The lowest BCUT2D eigenvalue weighted by Gasteiger charge is -2.12. The zero-order valence-corrected chi connectivity index (χ0v) is 10.4. The third kappa shape index (κ3) is 2.58. The molecule has 0 fully saturated rings. The van der Waals surface area contributed by atoms with E-state index in [0.717, 1.165) is 10.7 Å². The average molecular weight is 262 g/mol. The summed E-state index contributed by atoms with van der Waals surface area (Å²) in [6.45, 7) is 1.84. The minimum absolute atomic E-state index is 0.0332. The van der Waals surface area contributed by atoms with Crippen LogP contribution in [0.3, 0.4) is 0 Å². The highest BCUT2D eigenvalue weighted by atomic mass is 16.5. The number of hydrogen-bond donors (Lipinski definition) is 2. The van der Waals surface area contributed by atoms with Crippen LogP contribution in [-0.2, 0) is 6.61 Å². The van der Waals surface area contributed by atoms with Crippen LogP contribution in [0.4, 0.5) is 0 Å². The van der Waals surface area contributed by atoms with Crippen LogP contribution in [0, 0.1) is 0 Å². The highest BCUT2D eigenvalue weighted by molar-refractivity contribution is 5.46. The van der Waals surface area contributed by atoms with Crippen LogP contribution in [0.5, 0.6) is 11.5 Å². The molecule has 0 aliphatic carbocycles. The van der Waals surface area contributed by atoms with Gasteiger partial charge in [0.1, 0.15) is 22.9 Å². The molecule has 2 rings (SSSR count). The molecule has 0 saturated carbocycles. The summed E-state index contributed by atoms with van der Waals surface area (Å²) in [5.74, 6) is 0.187. The second-order valence-electron chi connectivity index (χ2n) is 3.79. The number of aliphatic hydroxyl groups is 1. The van der Waals surface area contributed by atoms with Crippen LogP contribution in [0.15, 0.2) is 35.1 Å². The van der Waals surface area contributed by atoms with Gasteiger partial charge in [-0.1, -0.05) is 12.1 Å². The molecule has 1 aromatic heterocycles. The summed E-state index contributed by atoms with van der Waals surface area (Å²) < 4.78 is 6.52. The number of ether oxygens (including phenoxy) is 1. The summed E-state index contributed by atoms with van der Waals surface area (Å²) in [4.78, 5) is 11.9. The highest BCUT2D eigenvalue weighted by Crippen LogP contribution is 2.21. The first kappa shape index (κ1) is 13.1. The fourth-order valence-electron chi connectivity index (χ4n) is 1.68. The van der Waals surface area contributed by atoms with Gasteiger partial charge in [0.25, 0.3) is 5.56 Å². The smallest absolute Gasteiger partial charge is 0.275 e. The fraction of sp³-hybridized carbons (Fsp3) is 0.231. The Morgan fingerprint density at radius 2 is 2.11 bits per heavy atom. The summed E-state index contributed by atoms with van der Waals surface area (Å²) in [5, 5.41) is 22.5. The molecule has 100 valence electrons. The Morgan fingerprint density at radius 1 is 1.37 bits per heavy atom. The summed E-state index contributed by atoms with van der Waals surface area (Å²) >= 11 is 0. The summed E-state index contributed by atoms with van der Waals surface area (Å²) in [6.07, 6.45) is 0. The van der Waals surface area contributed by atoms with Crippen LogP contribution in [0.1, 0.15) is 12.6 Å². The average Bonchev–Trinajstić information content (AvgIpc) is 2.40. The monoisotopic (exact) mass is 262 g/mol. The van der Waals surface area contributed by atoms with E-state index in [-0.39, 0.29) is 11.4 Å². The minimum Gasteiger partial charge on any atom is -0.506 e. The molecule has 6 heteroatoms. The predicted molar refractivity (Wildman–Crippen MR) is 68.6 cm³/mol. The van der Waals surface area contributed by atoms with Gasteiger partial charge in [-0.05, 0) is 19.1 Å². The van der Waals surface area contributed by atoms with E-state index in [9.17, 15) is 9.90 Å². The summed E-state index contributed by atoms with van der Waals surface area (Å²) in [5.41, 5.74) is -0.00296. The van der Waals surface area contributed by atoms with Gasteiger partial charge in [-0.3, -0.25) is 4.79 Å². The molecule has 0 spiro atoms. The maximum atomic E-state index is 11.9. The number of nitrogens with zero attached hydrogens (tertiary/aromatic N) is 2. The molecule has 0 amide bonds. The number of hydrogen-bond acceptors (Lipinski definition) is 5. The predicted octanol–water partition coefficient (Wildman–Crippen LogP) is 0.829. The first-order chi connectivity index (χ1) is 9.17. The van der Waals surface area contributed by atoms with E-state index in [2.05, 4.69) is 5.10 Å². The number of benzene rings is 1. The van der Waals surface area contributed by atoms with Crippen LogP contribution >= 0.6 is 0 Å². The van der Waals surface area contributed by atoms with Crippen molar-refractivity contribution in [3.63, 3.8) is 0 Å². The molecule has 0 aliphatic rings. The molecular weight excluding hydrogens is 248 g/mol. The van der Waals surface area contributed by atoms with Crippen LogP contribution in [0.2, 0.25) is 0 Å². The summed E-state index contributed by atoms with van der Waals surface area (Å²) in [6, 6.07) is 7.95. The van der Waals surface area contributed by atoms with Gasteiger partial charge in [-0.2, -0.15) is 9.78 Å². The molecule has 0 aliphatic heterocycles. The molecule has 1 aromatic carbocycles. The lowest BCUT2D eigenvalue weighted by atomic mass is 10.3. The third-order valence-corrected chi connectivity index (χ3v) is 2.53. The van der Waals surface area contributed by atoms with Crippen molar-refractivity contribution in [2.45, 2.75) is 13.5 Å². The molecule has 0 radical (unpaired) electrons. The standard InChI is InChI=1S/C13H14N2O4/c1-2-19-12-6-4-3-5-10(12)15-13(18)7-11(17)9(8-16)14-15/h3-7,16-17H,2,8H2,1H3. The maximum Gasteiger partial charge on any atom is 0.275 e. The molecule has 0 atom stereocenters. The zero-order valence-electron chi connectivity index (χ0n) is 10.4. The SMILES string of the molecule is CCOc1ccccc1-n1nc(CO)c(O)cc1=O. The number of aromatic hydroxyl groups is 1. The fourth-order valence-corrected chi connectivity index (χ4v) is 1.68. The lowest BCUT2D eigenvalue weighted by Crippen LogP contribution is -2.22.